The molecule has 0 saturated carbocycles. The van der Waals surface area contributed by atoms with Crippen LogP contribution in [0.3, 0.4) is 0 Å². The van der Waals surface area contributed by atoms with Crippen molar-refractivity contribution in [2.75, 3.05) is 12.4 Å². The maximum Gasteiger partial charge on any atom is 0.412 e. The molecule has 0 heterocycles. The fraction of sp³-hybridized carbons (Fsp3) is 0.231. The van der Waals surface area contributed by atoms with Gasteiger partial charge in [0.25, 0.3) is 5.91 Å². The van der Waals surface area contributed by atoms with Crippen LogP contribution in [0, 0.1) is 5.92 Å². The first-order valence-electron chi connectivity index (χ1n) is 10.9. The van der Waals surface area contributed by atoms with Crippen molar-refractivity contribution in [1.82, 2.24) is 5.48 Å². The number of phenolic OH excluding ortho intramolecular Hbond substituents is 1. The maximum atomic E-state index is 12.9. The van der Waals surface area contributed by atoms with Crippen LogP contribution in [-0.2, 0) is 9.53 Å². The number of amides is 2. The van der Waals surface area contributed by atoms with Crippen molar-refractivity contribution in [2.45, 2.75) is 25.9 Å². The smallest absolute Gasteiger partial charge is 0.412 e. The number of phenols is 1. The Labute approximate surface area is 197 Å². The van der Waals surface area contributed by atoms with E-state index in [1.165, 1.54) is 24.7 Å². The van der Waals surface area contributed by atoms with E-state index in [-0.39, 0.29) is 11.7 Å². The van der Waals surface area contributed by atoms with E-state index in [1.54, 1.807) is 24.3 Å². The highest BCUT2D eigenvalue weighted by atomic mass is 16.6. The van der Waals surface area contributed by atoms with Crippen molar-refractivity contribution >= 4 is 28.5 Å². The number of carbonyl (C=O) groups is 2. The Kier molecular flexibility index (Phi) is 8.48. The maximum absolute atomic E-state index is 12.9. The molecule has 34 heavy (non-hydrogen) atoms. The van der Waals surface area contributed by atoms with E-state index in [1.807, 2.05) is 43.3 Å². The SMILES string of the molecule is COc1ccc([C@@H](OC(=O)Nc2cccc3ccccc23)[C@@H](C)CC/C=C/C(=O)NO)cc1O. The first-order valence-corrected chi connectivity index (χ1v) is 10.9. The number of aromatic hydroxyl groups is 1. The molecule has 0 aliphatic carbocycles. The molecule has 0 unspecified atom stereocenters. The summed E-state index contributed by atoms with van der Waals surface area (Å²) in [5.74, 6) is -0.522. The highest BCUT2D eigenvalue weighted by molar-refractivity contribution is 6.00. The lowest BCUT2D eigenvalue weighted by molar-refractivity contribution is -0.124. The van der Waals surface area contributed by atoms with Crippen LogP contribution in [0.1, 0.15) is 31.4 Å². The summed E-state index contributed by atoms with van der Waals surface area (Å²) < 4.78 is 10.9. The van der Waals surface area contributed by atoms with E-state index in [9.17, 15) is 14.7 Å². The van der Waals surface area contributed by atoms with E-state index in [0.29, 0.717) is 29.8 Å². The van der Waals surface area contributed by atoms with Gasteiger partial charge >= 0.3 is 6.09 Å². The van der Waals surface area contributed by atoms with Crippen LogP contribution in [0.25, 0.3) is 10.8 Å². The summed E-state index contributed by atoms with van der Waals surface area (Å²) in [5.41, 5.74) is 2.77. The molecule has 2 amide bonds. The van der Waals surface area contributed by atoms with Gasteiger partial charge in [0.15, 0.2) is 11.5 Å². The quantitative estimate of drug-likeness (QED) is 0.193. The van der Waals surface area contributed by atoms with Crippen LogP contribution in [0.2, 0.25) is 0 Å². The van der Waals surface area contributed by atoms with Gasteiger partial charge in [-0.15, -0.1) is 0 Å². The first-order chi connectivity index (χ1) is 16.4. The lowest BCUT2D eigenvalue weighted by atomic mass is 9.92. The van der Waals surface area contributed by atoms with Crippen molar-refractivity contribution in [3.63, 3.8) is 0 Å². The number of anilines is 1. The third kappa shape index (κ3) is 6.26. The fourth-order valence-corrected chi connectivity index (χ4v) is 3.72. The van der Waals surface area contributed by atoms with Crippen LogP contribution >= 0.6 is 0 Å². The molecule has 0 bridgehead atoms. The van der Waals surface area contributed by atoms with Gasteiger partial charge < -0.3 is 14.6 Å². The van der Waals surface area contributed by atoms with Gasteiger partial charge in [0, 0.05) is 11.5 Å². The van der Waals surface area contributed by atoms with Crippen molar-refractivity contribution in [3.05, 3.63) is 78.4 Å². The van der Waals surface area contributed by atoms with E-state index in [0.717, 1.165) is 10.8 Å². The normalized spacial score (nSPS) is 12.8. The molecule has 4 N–H and O–H groups in total. The number of benzene rings is 3. The second-order valence-electron chi connectivity index (χ2n) is 7.84. The number of ether oxygens (including phenoxy) is 2. The molecule has 3 rings (SSSR count). The Hall–Kier alpha value is -4.04. The molecular weight excluding hydrogens is 436 g/mol. The summed E-state index contributed by atoms with van der Waals surface area (Å²) in [5, 5.41) is 23.5. The third-order valence-electron chi connectivity index (χ3n) is 5.48. The van der Waals surface area contributed by atoms with Gasteiger partial charge in [-0.05, 0) is 47.9 Å². The molecule has 0 aliphatic heterocycles. The molecule has 2 atom stereocenters. The Morgan fingerprint density at radius 2 is 1.85 bits per heavy atom. The minimum absolute atomic E-state index is 0.0604. The van der Waals surface area contributed by atoms with E-state index in [2.05, 4.69) is 5.32 Å². The van der Waals surface area contributed by atoms with E-state index < -0.39 is 18.1 Å². The van der Waals surface area contributed by atoms with Crippen LogP contribution in [0.5, 0.6) is 11.5 Å². The van der Waals surface area contributed by atoms with Gasteiger partial charge in [-0.3, -0.25) is 15.3 Å². The number of rotatable bonds is 9. The standard InChI is InChI=1S/C26H28N2O6/c1-17(8-3-6-13-24(30)28-32)25(19-14-15-23(33-2)22(29)16-19)34-26(31)27-21-12-7-10-18-9-4-5-11-20(18)21/h4-7,9-17,25,29,32H,3,8H2,1-2H3,(H,27,31)(H,28,30)/b13-6+/t17-,25-/m0/s1. The molecule has 0 radical (unpaired) electrons. The largest absolute Gasteiger partial charge is 0.504 e. The zero-order valence-electron chi connectivity index (χ0n) is 19.0. The second kappa shape index (κ2) is 11.7. The predicted molar refractivity (Wildman–Crippen MR) is 129 cm³/mol. The van der Waals surface area contributed by atoms with Crippen molar-refractivity contribution < 1.29 is 29.4 Å². The Morgan fingerprint density at radius 3 is 2.59 bits per heavy atom. The lowest BCUT2D eigenvalue weighted by Crippen LogP contribution is -2.22. The second-order valence-corrected chi connectivity index (χ2v) is 7.84. The minimum Gasteiger partial charge on any atom is -0.504 e. The predicted octanol–water partition coefficient (Wildman–Crippen LogP) is 5.32. The van der Waals surface area contributed by atoms with E-state index >= 15 is 0 Å². The molecule has 0 saturated heterocycles. The molecule has 0 aliphatic rings. The summed E-state index contributed by atoms with van der Waals surface area (Å²) in [6, 6.07) is 18.2. The molecule has 0 aromatic heterocycles. The highest BCUT2D eigenvalue weighted by Crippen LogP contribution is 2.35. The van der Waals surface area contributed by atoms with Crippen LogP contribution in [0.15, 0.2) is 72.8 Å². The summed E-state index contributed by atoms with van der Waals surface area (Å²) in [4.78, 5) is 24.1. The van der Waals surface area contributed by atoms with Crippen molar-refractivity contribution in [2.24, 2.45) is 5.92 Å². The summed E-state index contributed by atoms with van der Waals surface area (Å²) in [7, 11) is 1.46. The number of hydrogen-bond donors (Lipinski definition) is 4. The zero-order valence-corrected chi connectivity index (χ0v) is 19.0. The summed E-state index contributed by atoms with van der Waals surface area (Å²) >= 11 is 0. The molecule has 8 heteroatoms. The first kappa shape index (κ1) is 24.6. The van der Waals surface area contributed by atoms with Gasteiger partial charge in [-0.25, -0.2) is 10.3 Å². The number of hydrogen-bond acceptors (Lipinski definition) is 6. The minimum atomic E-state index is -0.674. The summed E-state index contributed by atoms with van der Waals surface area (Å²) in [6.07, 6.45) is 2.65. The number of nitrogens with one attached hydrogen (secondary N) is 2. The van der Waals surface area contributed by atoms with Gasteiger partial charge in [0.1, 0.15) is 6.10 Å². The van der Waals surface area contributed by atoms with Crippen LogP contribution in [0.4, 0.5) is 10.5 Å². The number of fused-ring (bicyclic) bond motifs is 1. The molecule has 3 aromatic rings. The van der Waals surface area contributed by atoms with Crippen molar-refractivity contribution in [1.29, 1.82) is 0 Å². The van der Waals surface area contributed by atoms with Gasteiger partial charge in [0.2, 0.25) is 0 Å². The van der Waals surface area contributed by atoms with Crippen molar-refractivity contribution in [3.8, 4) is 11.5 Å². The molecule has 178 valence electrons. The zero-order chi connectivity index (χ0) is 24.5. The number of methoxy groups -OCH3 is 1. The Bertz CT molecular complexity index is 1170. The Balaban J connectivity index is 1.79. The highest BCUT2D eigenvalue weighted by Gasteiger charge is 2.25. The van der Waals surface area contributed by atoms with Crippen LogP contribution < -0.4 is 15.5 Å². The lowest BCUT2D eigenvalue weighted by Gasteiger charge is -2.25. The number of carbonyl (C=O) groups excluding carboxylic acids is 2. The summed E-state index contributed by atoms with van der Waals surface area (Å²) in [6.45, 7) is 1.91. The number of allylic oxidation sites excluding steroid dienone is 1. The third-order valence-corrected chi connectivity index (χ3v) is 5.48. The van der Waals surface area contributed by atoms with Gasteiger partial charge in [-0.2, -0.15) is 0 Å². The Morgan fingerprint density at radius 1 is 1.09 bits per heavy atom. The van der Waals surface area contributed by atoms with Gasteiger partial charge in [0.05, 0.1) is 12.8 Å². The van der Waals surface area contributed by atoms with Gasteiger partial charge in [-0.1, -0.05) is 55.5 Å². The number of hydroxylamine groups is 1. The van der Waals surface area contributed by atoms with E-state index in [4.69, 9.17) is 14.7 Å². The fourth-order valence-electron chi connectivity index (χ4n) is 3.72. The molecule has 0 fully saturated rings. The molecule has 8 nitrogen and oxygen atoms in total. The molecular formula is C26H28N2O6. The van der Waals surface area contributed by atoms with Crippen LogP contribution in [-0.4, -0.2) is 29.4 Å². The topological polar surface area (TPSA) is 117 Å². The average Bonchev–Trinajstić information content (AvgIpc) is 2.85. The monoisotopic (exact) mass is 464 g/mol. The average molecular weight is 465 g/mol. The molecule has 3 aromatic carbocycles. The molecule has 0 spiro atoms.